The van der Waals surface area contributed by atoms with E-state index in [1.165, 1.54) is 89.3 Å². The quantitative estimate of drug-likeness (QED) is 0.769. The standard InChI is InChI=1S/C23H33N5/c1-2-11-26(10-1)23-5-3-4-22-24-20(16-28(22)23)21-17-25(14-18-6-7-18)12-13-27(21)15-19-8-9-19/h3-5,16,18-19,21H,1-2,6-15,17H2/t21-/m0/s1. The zero-order valence-electron chi connectivity index (χ0n) is 17.0. The van der Waals surface area contributed by atoms with Gasteiger partial charge in [0.25, 0.3) is 0 Å². The van der Waals surface area contributed by atoms with E-state index in [1.807, 2.05) is 0 Å². The van der Waals surface area contributed by atoms with E-state index < -0.39 is 0 Å². The first kappa shape index (κ1) is 17.3. The Kier molecular flexibility index (Phi) is 4.34. The Morgan fingerprint density at radius 1 is 0.893 bits per heavy atom. The fraction of sp³-hybridized carbons (Fsp3) is 0.696. The van der Waals surface area contributed by atoms with Gasteiger partial charge in [-0.1, -0.05) is 6.07 Å². The summed E-state index contributed by atoms with van der Waals surface area (Å²) < 4.78 is 2.36. The number of fused-ring (bicyclic) bond motifs is 1. The highest BCUT2D eigenvalue weighted by molar-refractivity contribution is 5.53. The van der Waals surface area contributed by atoms with Crippen molar-refractivity contribution in [2.45, 2.75) is 44.6 Å². The lowest BCUT2D eigenvalue weighted by atomic mass is 10.1. The molecule has 0 bridgehead atoms. The lowest BCUT2D eigenvalue weighted by Gasteiger charge is -2.41. The summed E-state index contributed by atoms with van der Waals surface area (Å²) in [5, 5.41) is 0. The molecule has 6 rings (SSSR count). The van der Waals surface area contributed by atoms with Crippen LogP contribution in [0.4, 0.5) is 5.82 Å². The monoisotopic (exact) mass is 379 g/mol. The van der Waals surface area contributed by atoms with Gasteiger partial charge in [0.05, 0.1) is 11.7 Å². The number of nitrogens with zero attached hydrogens (tertiary/aromatic N) is 5. The summed E-state index contributed by atoms with van der Waals surface area (Å²) in [6.45, 7) is 8.55. The van der Waals surface area contributed by atoms with Crippen molar-refractivity contribution < 1.29 is 0 Å². The molecule has 2 aromatic rings. The van der Waals surface area contributed by atoms with Crippen LogP contribution in [0.1, 0.15) is 50.3 Å². The van der Waals surface area contributed by atoms with Crippen molar-refractivity contribution in [1.29, 1.82) is 0 Å². The molecule has 0 amide bonds. The molecule has 4 heterocycles. The van der Waals surface area contributed by atoms with Crippen molar-refractivity contribution in [3.8, 4) is 0 Å². The van der Waals surface area contributed by atoms with Crippen LogP contribution in [-0.2, 0) is 0 Å². The minimum atomic E-state index is 0.458. The lowest BCUT2D eigenvalue weighted by molar-refractivity contribution is 0.0657. The predicted molar refractivity (Wildman–Crippen MR) is 113 cm³/mol. The van der Waals surface area contributed by atoms with E-state index in [4.69, 9.17) is 4.98 Å². The Morgan fingerprint density at radius 2 is 1.68 bits per heavy atom. The molecule has 5 nitrogen and oxygen atoms in total. The topological polar surface area (TPSA) is 27.0 Å². The average Bonchev–Trinajstić information content (AvgIpc) is 3.60. The van der Waals surface area contributed by atoms with E-state index in [-0.39, 0.29) is 0 Å². The van der Waals surface area contributed by atoms with Gasteiger partial charge >= 0.3 is 0 Å². The second kappa shape index (κ2) is 7.03. The third-order valence-electron chi connectivity index (χ3n) is 7.24. The van der Waals surface area contributed by atoms with Crippen molar-refractivity contribution in [3.05, 3.63) is 30.1 Å². The van der Waals surface area contributed by atoms with Crippen LogP contribution in [0.5, 0.6) is 0 Å². The summed E-state index contributed by atoms with van der Waals surface area (Å²) in [7, 11) is 0. The Morgan fingerprint density at radius 3 is 2.46 bits per heavy atom. The van der Waals surface area contributed by atoms with Gasteiger partial charge in [-0.25, -0.2) is 4.98 Å². The van der Waals surface area contributed by atoms with Gasteiger partial charge in [-0.2, -0.15) is 0 Å². The van der Waals surface area contributed by atoms with Gasteiger partial charge in [0.1, 0.15) is 11.5 Å². The SMILES string of the molecule is c1cc(N2CCCC2)n2cc([C@@H]3CN(CC4CC4)CCN3CC3CC3)nc2c1. The Bertz CT molecular complexity index is 831. The summed E-state index contributed by atoms with van der Waals surface area (Å²) in [6, 6.07) is 7.09. The molecule has 2 aliphatic heterocycles. The first-order valence-corrected chi connectivity index (χ1v) is 11.5. The number of anilines is 1. The molecule has 0 radical (unpaired) electrons. The smallest absolute Gasteiger partial charge is 0.138 e. The Hall–Kier alpha value is -1.59. The molecule has 150 valence electrons. The Labute approximate surface area is 168 Å². The van der Waals surface area contributed by atoms with E-state index in [0.717, 1.165) is 24.0 Å². The van der Waals surface area contributed by atoms with Crippen LogP contribution >= 0.6 is 0 Å². The molecular formula is C23H33N5. The molecule has 0 unspecified atom stereocenters. The second-order valence-corrected chi connectivity index (χ2v) is 9.63. The average molecular weight is 380 g/mol. The van der Waals surface area contributed by atoms with Crippen LogP contribution in [0.15, 0.2) is 24.4 Å². The largest absolute Gasteiger partial charge is 0.358 e. The van der Waals surface area contributed by atoms with Crippen molar-refractivity contribution in [2.24, 2.45) is 11.8 Å². The highest BCUT2D eigenvalue weighted by Crippen LogP contribution is 2.36. The highest BCUT2D eigenvalue weighted by atomic mass is 15.3. The van der Waals surface area contributed by atoms with E-state index in [9.17, 15) is 0 Å². The summed E-state index contributed by atoms with van der Waals surface area (Å²) in [5.74, 6) is 3.24. The summed E-state index contributed by atoms with van der Waals surface area (Å²) in [6.07, 6.45) is 10.7. The van der Waals surface area contributed by atoms with Gasteiger partial charge in [0, 0.05) is 52.0 Å². The molecule has 0 N–H and O–H groups in total. The van der Waals surface area contributed by atoms with Crippen LogP contribution in [0, 0.1) is 11.8 Å². The molecule has 2 aliphatic carbocycles. The van der Waals surface area contributed by atoms with Crippen LogP contribution in [-0.4, -0.2) is 65.0 Å². The first-order chi connectivity index (χ1) is 13.8. The molecule has 0 aromatic carbocycles. The predicted octanol–water partition coefficient (Wildman–Crippen LogP) is 3.41. The van der Waals surface area contributed by atoms with E-state index in [2.05, 4.69) is 43.5 Å². The third kappa shape index (κ3) is 3.43. The number of pyridine rings is 1. The van der Waals surface area contributed by atoms with Gasteiger partial charge < -0.3 is 4.90 Å². The molecule has 4 fully saturated rings. The molecule has 0 spiro atoms. The Balaban J connectivity index is 1.31. The number of imidazole rings is 1. The number of piperazine rings is 1. The highest BCUT2D eigenvalue weighted by Gasteiger charge is 2.36. The van der Waals surface area contributed by atoms with E-state index in [1.54, 1.807) is 0 Å². The minimum absolute atomic E-state index is 0.458. The number of hydrogen-bond acceptors (Lipinski definition) is 4. The molecule has 2 aromatic heterocycles. The minimum Gasteiger partial charge on any atom is -0.358 e. The molecule has 28 heavy (non-hydrogen) atoms. The molecule has 2 saturated carbocycles. The van der Waals surface area contributed by atoms with Crippen molar-refractivity contribution >= 4 is 11.5 Å². The lowest BCUT2D eigenvalue weighted by Crippen LogP contribution is -2.49. The van der Waals surface area contributed by atoms with Gasteiger partial charge in [-0.3, -0.25) is 14.2 Å². The van der Waals surface area contributed by atoms with Crippen molar-refractivity contribution in [3.63, 3.8) is 0 Å². The zero-order chi connectivity index (χ0) is 18.5. The first-order valence-electron chi connectivity index (χ1n) is 11.5. The number of aromatic nitrogens is 2. The number of hydrogen-bond donors (Lipinski definition) is 0. The van der Waals surface area contributed by atoms with Crippen molar-refractivity contribution in [1.82, 2.24) is 19.2 Å². The molecule has 4 aliphatic rings. The maximum atomic E-state index is 5.14. The van der Waals surface area contributed by atoms with Gasteiger partial charge in [0.15, 0.2) is 0 Å². The van der Waals surface area contributed by atoms with Crippen LogP contribution < -0.4 is 4.90 Å². The third-order valence-corrected chi connectivity index (χ3v) is 7.24. The van der Waals surface area contributed by atoms with Crippen LogP contribution in [0.25, 0.3) is 5.65 Å². The van der Waals surface area contributed by atoms with Crippen molar-refractivity contribution in [2.75, 3.05) is 50.7 Å². The number of rotatable bonds is 6. The summed E-state index contributed by atoms with van der Waals surface area (Å²) in [4.78, 5) is 13.1. The molecule has 1 atom stereocenters. The van der Waals surface area contributed by atoms with Gasteiger partial charge in [-0.15, -0.1) is 0 Å². The molecular weight excluding hydrogens is 346 g/mol. The molecule has 2 saturated heterocycles. The normalized spacial score (nSPS) is 27.1. The summed E-state index contributed by atoms with van der Waals surface area (Å²) in [5.41, 5.74) is 2.40. The van der Waals surface area contributed by atoms with Crippen LogP contribution in [0.3, 0.4) is 0 Å². The maximum Gasteiger partial charge on any atom is 0.138 e. The van der Waals surface area contributed by atoms with Crippen LogP contribution in [0.2, 0.25) is 0 Å². The second-order valence-electron chi connectivity index (χ2n) is 9.63. The zero-order valence-corrected chi connectivity index (χ0v) is 17.0. The van der Waals surface area contributed by atoms with E-state index >= 15 is 0 Å². The van der Waals surface area contributed by atoms with E-state index in [0.29, 0.717) is 6.04 Å². The van der Waals surface area contributed by atoms with Gasteiger partial charge in [0.2, 0.25) is 0 Å². The fourth-order valence-corrected chi connectivity index (χ4v) is 5.22. The maximum absolute atomic E-state index is 5.14. The summed E-state index contributed by atoms with van der Waals surface area (Å²) >= 11 is 0. The molecule has 5 heteroatoms. The fourth-order valence-electron chi connectivity index (χ4n) is 5.22. The van der Waals surface area contributed by atoms with Gasteiger partial charge in [-0.05, 0) is 62.5 Å².